The largest absolute Gasteiger partial charge is 0.396 e. The van der Waals surface area contributed by atoms with Crippen LogP contribution in [0.2, 0.25) is 0 Å². The van der Waals surface area contributed by atoms with Crippen LogP contribution in [0.1, 0.15) is 13.3 Å². The molecule has 3 N–H and O–H groups in total. The topological polar surface area (TPSA) is 77.2 Å². The highest BCUT2D eigenvalue weighted by Crippen LogP contribution is 2.22. The van der Waals surface area contributed by atoms with Gasteiger partial charge in [-0.2, -0.15) is 0 Å². The molecule has 0 saturated carbocycles. The Balaban J connectivity index is 2.05. The number of nitrogens with zero attached hydrogens (tertiary/aromatic N) is 1. The maximum atomic E-state index is 11.8. The van der Waals surface area contributed by atoms with Crippen molar-refractivity contribution in [2.45, 2.75) is 19.4 Å². The van der Waals surface area contributed by atoms with Gasteiger partial charge in [-0.1, -0.05) is 6.92 Å². The van der Waals surface area contributed by atoms with E-state index in [0.29, 0.717) is 18.1 Å². The first-order valence-electron chi connectivity index (χ1n) is 5.31. The van der Waals surface area contributed by atoms with Crippen molar-refractivity contribution in [1.82, 2.24) is 4.98 Å². The SMILES string of the molecule is CC1CCOC1C(=O)Nc1ncccc1N. The van der Waals surface area contributed by atoms with E-state index in [0.717, 1.165) is 6.42 Å². The Morgan fingerprint density at radius 3 is 3.12 bits per heavy atom. The summed E-state index contributed by atoms with van der Waals surface area (Å²) in [6.45, 7) is 2.63. The summed E-state index contributed by atoms with van der Waals surface area (Å²) < 4.78 is 5.36. The molecule has 0 aromatic carbocycles. The third kappa shape index (κ3) is 2.14. The minimum Gasteiger partial charge on any atom is -0.396 e. The van der Waals surface area contributed by atoms with Crippen LogP contribution < -0.4 is 11.1 Å². The lowest BCUT2D eigenvalue weighted by molar-refractivity contribution is -0.126. The smallest absolute Gasteiger partial charge is 0.254 e. The molecule has 2 unspecified atom stereocenters. The van der Waals surface area contributed by atoms with Crippen molar-refractivity contribution >= 4 is 17.4 Å². The fourth-order valence-electron chi connectivity index (χ4n) is 1.74. The maximum Gasteiger partial charge on any atom is 0.254 e. The zero-order valence-electron chi connectivity index (χ0n) is 9.14. The Labute approximate surface area is 94.0 Å². The molecular weight excluding hydrogens is 206 g/mol. The summed E-state index contributed by atoms with van der Waals surface area (Å²) in [6.07, 6.45) is 2.11. The van der Waals surface area contributed by atoms with E-state index >= 15 is 0 Å². The van der Waals surface area contributed by atoms with Gasteiger partial charge < -0.3 is 15.8 Å². The lowest BCUT2D eigenvalue weighted by atomic mass is 10.0. The number of anilines is 2. The Bertz CT molecular complexity index is 395. The number of carbonyl (C=O) groups excluding carboxylic acids is 1. The van der Waals surface area contributed by atoms with Gasteiger partial charge in [0, 0.05) is 12.8 Å². The summed E-state index contributed by atoms with van der Waals surface area (Å²) in [4.78, 5) is 15.8. The fourth-order valence-corrected chi connectivity index (χ4v) is 1.74. The molecule has 16 heavy (non-hydrogen) atoms. The van der Waals surface area contributed by atoms with Crippen molar-refractivity contribution in [2.24, 2.45) is 5.92 Å². The standard InChI is InChI=1S/C11H15N3O2/c1-7-4-6-16-9(7)11(15)14-10-8(12)3-2-5-13-10/h2-3,5,7,9H,4,6,12H2,1H3,(H,13,14,15). The number of hydrogen-bond donors (Lipinski definition) is 2. The summed E-state index contributed by atoms with van der Waals surface area (Å²) in [5, 5.41) is 2.68. The minimum atomic E-state index is -0.388. The van der Waals surface area contributed by atoms with E-state index in [2.05, 4.69) is 10.3 Å². The van der Waals surface area contributed by atoms with Crippen LogP contribution in [0.5, 0.6) is 0 Å². The molecule has 2 heterocycles. The molecule has 86 valence electrons. The number of rotatable bonds is 2. The molecule has 0 aliphatic carbocycles. The van der Waals surface area contributed by atoms with Crippen molar-refractivity contribution < 1.29 is 9.53 Å². The Morgan fingerprint density at radius 2 is 2.50 bits per heavy atom. The molecule has 2 rings (SSSR count). The number of nitrogens with two attached hydrogens (primary N) is 1. The van der Waals surface area contributed by atoms with E-state index in [4.69, 9.17) is 10.5 Å². The molecule has 2 atom stereocenters. The summed E-state index contributed by atoms with van der Waals surface area (Å²) in [5.41, 5.74) is 6.14. The van der Waals surface area contributed by atoms with E-state index in [-0.39, 0.29) is 17.9 Å². The van der Waals surface area contributed by atoms with Gasteiger partial charge in [0.05, 0.1) is 5.69 Å². The number of carbonyl (C=O) groups is 1. The van der Waals surface area contributed by atoms with Crippen LogP contribution in [0.3, 0.4) is 0 Å². The molecule has 0 bridgehead atoms. The molecule has 1 aromatic heterocycles. The van der Waals surface area contributed by atoms with Crippen molar-refractivity contribution in [1.29, 1.82) is 0 Å². The van der Waals surface area contributed by atoms with Crippen LogP contribution in [0.25, 0.3) is 0 Å². The highest BCUT2D eigenvalue weighted by atomic mass is 16.5. The van der Waals surface area contributed by atoms with E-state index in [1.165, 1.54) is 0 Å². The number of hydrogen-bond acceptors (Lipinski definition) is 4. The lowest BCUT2D eigenvalue weighted by Crippen LogP contribution is -2.31. The number of pyridine rings is 1. The van der Waals surface area contributed by atoms with Gasteiger partial charge in [0.1, 0.15) is 6.10 Å². The average Bonchev–Trinajstić information content (AvgIpc) is 2.68. The maximum absolute atomic E-state index is 11.8. The summed E-state index contributed by atoms with van der Waals surface area (Å²) in [7, 11) is 0. The molecule has 5 nitrogen and oxygen atoms in total. The van der Waals surface area contributed by atoms with E-state index in [9.17, 15) is 4.79 Å². The second-order valence-corrected chi connectivity index (χ2v) is 3.99. The highest BCUT2D eigenvalue weighted by molar-refractivity contribution is 5.95. The van der Waals surface area contributed by atoms with Crippen molar-refractivity contribution in [3.8, 4) is 0 Å². The van der Waals surface area contributed by atoms with Gasteiger partial charge in [0.2, 0.25) is 0 Å². The van der Waals surface area contributed by atoms with Crippen molar-refractivity contribution in [2.75, 3.05) is 17.7 Å². The van der Waals surface area contributed by atoms with Crippen molar-refractivity contribution in [3.63, 3.8) is 0 Å². The van der Waals surface area contributed by atoms with Gasteiger partial charge in [0.15, 0.2) is 5.82 Å². The Hall–Kier alpha value is -1.62. The molecule has 5 heteroatoms. The van der Waals surface area contributed by atoms with Gasteiger partial charge in [-0.05, 0) is 24.5 Å². The summed E-state index contributed by atoms with van der Waals surface area (Å²) in [5.74, 6) is 0.468. The number of nitrogen functional groups attached to an aromatic ring is 1. The first kappa shape index (κ1) is 10.9. The Morgan fingerprint density at radius 1 is 1.69 bits per heavy atom. The van der Waals surface area contributed by atoms with Crippen LogP contribution in [-0.2, 0) is 9.53 Å². The number of ether oxygens (including phenoxy) is 1. The predicted molar refractivity (Wildman–Crippen MR) is 60.8 cm³/mol. The first-order valence-corrected chi connectivity index (χ1v) is 5.31. The van der Waals surface area contributed by atoms with Crippen molar-refractivity contribution in [3.05, 3.63) is 18.3 Å². The second kappa shape index (κ2) is 4.49. The van der Waals surface area contributed by atoms with Gasteiger partial charge in [-0.3, -0.25) is 4.79 Å². The lowest BCUT2D eigenvalue weighted by Gasteiger charge is -2.14. The minimum absolute atomic E-state index is 0.171. The van der Waals surface area contributed by atoms with Crippen LogP contribution >= 0.6 is 0 Å². The average molecular weight is 221 g/mol. The molecule has 0 spiro atoms. The third-order valence-electron chi connectivity index (χ3n) is 2.73. The number of nitrogens with one attached hydrogen (secondary N) is 1. The zero-order chi connectivity index (χ0) is 11.5. The Kier molecular flexibility index (Phi) is 3.05. The quantitative estimate of drug-likeness (QED) is 0.781. The predicted octanol–water partition coefficient (Wildman–Crippen LogP) is 1.03. The normalized spacial score (nSPS) is 24.3. The van der Waals surface area contributed by atoms with Gasteiger partial charge in [0.25, 0.3) is 5.91 Å². The molecule has 1 aromatic rings. The number of amides is 1. The monoisotopic (exact) mass is 221 g/mol. The molecule has 1 amide bonds. The van der Waals surface area contributed by atoms with Crippen LogP contribution in [0.15, 0.2) is 18.3 Å². The van der Waals surface area contributed by atoms with Gasteiger partial charge in [-0.25, -0.2) is 4.98 Å². The zero-order valence-corrected chi connectivity index (χ0v) is 9.14. The summed E-state index contributed by atoms with van der Waals surface area (Å²) >= 11 is 0. The van der Waals surface area contributed by atoms with E-state index in [1.54, 1.807) is 18.3 Å². The summed E-state index contributed by atoms with van der Waals surface area (Å²) in [6, 6.07) is 3.42. The van der Waals surface area contributed by atoms with Crippen LogP contribution in [0.4, 0.5) is 11.5 Å². The van der Waals surface area contributed by atoms with E-state index < -0.39 is 0 Å². The molecule has 1 fully saturated rings. The second-order valence-electron chi connectivity index (χ2n) is 3.99. The third-order valence-corrected chi connectivity index (χ3v) is 2.73. The van der Waals surface area contributed by atoms with Crippen LogP contribution in [-0.4, -0.2) is 23.6 Å². The molecule has 1 aliphatic heterocycles. The van der Waals surface area contributed by atoms with Gasteiger partial charge >= 0.3 is 0 Å². The fraction of sp³-hybridized carbons (Fsp3) is 0.455. The molecule has 1 saturated heterocycles. The number of aromatic nitrogens is 1. The van der Waals surface area contributed by atoms with Gasteiger partial charge in [-0.15, -0.1) is 0 Å². The molecule has 1 aliphatic rings. The van der Waals surface area contributed by atoms with Crippen LogP contribution in [0, 0.1) is 5.92 Å². The molecule has 0 radical (unpaired) electrons. The first-order chi connectivity index (χ1) is 7.68. The molecular formula is C11H15N3O2. The highest BCUT2D eigenvalue weighted by Gasteiger charge is 2.31. The van der Waals surface area contributed by atoms with E-state index in [1.807, 2.05) is 6.92 Å².